The van der Waals surface area contributed by atoms with Crippen molar-refractivity contribution in [1.29, 1.82) is 0 Å². The van der Waals surface area contributed by atoms with Crippen molar-refractivity contribution >= 4 is 27.3 Å². The standard InChI is InChI=1S/C24H31N3O5S/c1-17(2)16-24(29)12-14-27(15-13-24)22(28)18-8-10-19(11-9-18)26-33(30,31)23(3)25-20-6-4-5-7-21(20)32-23/h4-11,17,25-26,29H,12-16H2,1-3H3. The largest absolute Gasteiger partial charge is 0.450 e. The van der Waals surface area contributed by atoms with Crippen LogP contribution in [0.4, 0.5) is 11.4 Å². The first kappa shape index (κ1) is 23.4. The number of aliphatic hydroxyl groups is 1. The summed E-state index contributed by atoms with van der Waals surface area (Å²) in [7, 11) is -3.96. The minimum absolute atomic E-state index is 0.126. The summed E-state index contributed by atoms with van der Waals surface area (Å²) < 4.78 is 34.2. The van der Waals surface area contributed by atoms with E-state index in [9.17, 15) is 18.3 Å². The highest BCUT2D eigenvalue weighted by Crippen LogP contribution is 2.39. The molecule has 2 aromatic carbocycles. The number of sulfonamides is 1. The lowest BCUT2D eigenvalue weighted by atomic mass is 9.84. The van der Waals surface area contributed by atoms with E-state index in [1.54, 1.807) is 53.4 Å². The van der Waals surface area contributed by atoms with Crippen LogP contribution in [0.5, 0.6) is 5.75 Å². The zero-order valence-corrected chi connectivity index (χ0v) is 20.0. The summed E-state index contributed by atoms with van der Waals surface area (Å²) >= 11 is 0. The molecule has 3 N–H and O–H groups in total. The monoisotopic (exact) mass is 473 g/mol. The normalized spacial score (nSPS) is 21.8. The van der Waals surface area contributed by atoms with E-state index in [4.69, 9.17) is 4.74 Å². The fourth-order valence-electron chi connectivity index (χ4n) is 4.47. The van der Waals surface area contributed by atoms with Crippen molar-refractivity contribution in [2.24, 2.45) is 5.92 Å². The Labute approximate surface area is 195 Å². The van der Waals surface area contributed by atoms with E-state index in [1.807, 2.05) is 0 Å². The molecule has 4 rings (SSSR count). The Kier molecular flexibility index (Phi) is 6.05. The molecule has 2 aliphatic rings. The molecule has 0 bridgehead atoms. The number of rotatable bonds is 6. The fraction of sp³-hybridized carbons (Fsp3) is 0.458. The van der Waals surface area contributed by atoms with E-state index in [0.29, 0.717) is 54.5 Å². The summed E-state index contributed by atoms with van der Waals surface area (Å²) in [6.07, 6.45) is 1.85. The molecule has 1 unspecified atom stereocenters. The Morgan fingerprint density at radius 1 is 1.15 bits per heavy atom. The average Bonchev–Trinajstić information content (AvgIpc) is 3.11. The minimum atomic E-state index is -3.96. The smallest absolute Gasteiger partial charge is 0.299 e. The summed E-state index contributed by atoms with van der Waals surface area (Å²) in [6.45, 7) is 6.61. The number of fused-ring (bicyclic) bond motifs is 1. The molecule has 178 valence electrons. The highest BCUT2D eigenvalue weighted by atomic mass is 32.2. The molecular formula is C24H31N3O5S. The highest BCUT2D eigenvalue weighted by Gasteiger charge is 2.46. The fourth-order valence-corrected chi connectivity index (χ4v) is 5.55. The number of nitrogens with one attached hydrogen (secondary N) is 2. The van der Waals surface area contributed by atoms with Crippen molar-refractivity contribution in [3.8, 4) is 5.75 Å². The number of likely N-dealkylation sites (tertiary alicyclic amines) is 1. The van der Waals surface area contributed by atoms with Crippen molar-refractivity contribution in [3.63, 3.8) is 0 Å². The van der Waals surface area contributed by atoms with Crippen molar-refractivity contribution < 1.29 is 23.1 Å². The average molecular weight is 474 g/mol. The molecule has 1 amide bonds. The van der Waals surface area contributed by atoms with Gasteiger partial charge in [-0.25, -0.2) is 8.42 Å². The predicted molar refractivity (Wildman–Crippen MR) is 128 cm³/mol. The molecule has 0 saturated carbocycles. The summed E-state index contributed by atoms with van der Waals surface area (Å²) in [5.74, 6) is 0.738. The Balaban J connectivity index is 1.39. The van der Waals surface area contributed by atoms with E-state index in [1.165, 1.54) is 6.92 Å². The molecule has 0 aliphatic carbocycles. The number of carbonyl (C=O) groups is 1. The van der Waals surface area contributed by atoms with Crippen LogP contribution in [0.2, 0.25) is 0 Å². The Bertz CT molecular complexity index is 1100. The number of benzene rings is 2. The van der Waals surface area contributed by atoms with E-state index < -0.39 is 20.7 Å². The van der Waals surface area contributed by atoms with Gasteiger partial charge in [0.05, 0.1) is 11.3 Å². The lowest BCUT2D eigenvalue weighted by Gasteiger charge is -2.39. The number of ether oxygens (including phenoxy) is 1. The Hall–Kier alpha value is -2.78. The summed E-state index contributed by atoms with van der Waals surface area (Å²) in [5.41, 5.74) is 0.701. The Morgan fingerprint density at radius 2 is 1.79 bits per heavy atom. The maximum absolute atomic E-state index is 13.0. The predicted octanol–water partition coefficient (Wildman–Crippen LogP) is 3.62. The third-order valence-corrected chi connectivity index (χ3v) is 7.94. The van der Waals surface area contributed by atoms with Crippen LogP contribution in [0.1, 0.15) is 50.4 Å². The van der Waals surface area contributed by atoms with Crippen LogP contribution in [0.15, 0.2) is 48.5 Å². The molecule has 1 atom stereocenters. The molecule has 2 heterocycles. The van der Waals surface area contributed by atoms with E-state index in [0.717, 1.165) is 6.42 Å². The van der Waals surface area contributed by atoms with Gasteiger partial charge in [-0.2, -0.15) is 0 Å². The lowest BCUT2D eigenvalue weighted by molar-refractivity contribution is -0.0311. The second-order valence-corrected chi connectivity index (χ2v) is 11.5. The number of carbonyl (C=O) groups excluding carboxylic acids is 1. The van der Waals surface area contributed by atoms with Gasteiger partial charge in [0.25, 0.3) is 21.0 Å². The molecule has 8 nitrogen and oxygen atoms in total. The zero-order valence-electron chi connectivity index (χ0n) is 19.2. The SMILES string of the molecule is CC(C)CC1(O)CCN(C(=O)c2ccc(NS(=O)(=O)C3(C)Nc4ccccc4O3)cc2)CC1. The summed E-state index contributed by atoms with van der Waals surface area (Å²) in [4.78, 5) is 14.6. The molecule has 2 aliphatic heterocycles. The second kappa shape index (κ2) is 8.53. The van der Waals surface area contributed by atoms with Gasteiger partial charge in [0.1, 0.15) is 5.75 Å². The minimum Gasteiger partial charge on any atom is -0.450 e. The molecule has 2 aromatic rings. The van der Waals surface area contributed by atoms with E-state index in [2.05, 4.69) is 23.9 Å². The van der Waals surface area contributed by atoms with E-state index in [-0.39, 0.29) is 5.91 Å². The van der Waals surface area contributed by atoms with Gasteiger partial charge in [0.15, 0.2) is 0 Å². The molecular weight excluding hydrogens is 442 g/mol. The molecule has 0 aromatic heterocycles. The first-order chi connectivity index (χ1) is 15.5. The molecule has 1 fully saturated rings. The molecule has 0 radical (unpaired) electrons. The van der Waals surface area contributed by atoms with Crippen molar-refractivity contribution in [1.82, 2.24) is 4.90 Å². The van der Waals surface area contributed by atoms with Crippen LogP contribution in [-0.2, 0) is 10.0 Å². The topological polar surface area (TPSA) is 108 Å². The maximum atomic E-state index is 13.0. The van der Waals surface area contributed by atoms with Crippen LogP contribution in [0, 0.1) is 5.92 Å². The summed E-state index contributed by atoms with van der Waals surface area (Å²) in [6, 6.07) is 13.4. The van der Waals surface area contributed by atoms with Crippen LogP contribution in [-0.4, -0.2) is 48.1 Å². The summed E-state index contributed by atoms with van der Waals surface area (Å²) in [5, 5.41) is 12.0. The van der Waals surface area contributed by atoms with Crippen LogP contribution < -0.4 is 14.8 Å². The van der Waals surface area contributed by atoms with Gasteiger partial charge in [-0.15, -0.1) is 0 Å². The number of nitrogens with zero attached hydrogens (tertiary/aromatic N) is 1. The third kappa shape index (κ3) is 4.79. The number of piperidine rings is 1. The van der Waals surface area contributed by atoms with Crippen LogP contribution >= 0.6 is 0 Å². The maximum Gasteiger partial charge on any atom is 0.299 e. The van der Waals surface area contributed by atoms with Gasteiger partial charge >= 0.3 is 0 Å². The van der Waals surface area contributed by atoms with Crippen molar-refractivity contribution in [3.05, 3.63) is 54.1 Å². The number of amides is 1. The van der Waals surface area contributed by atoms with E-state index >= 15 is 0 Å². The second-order valence-electron chi connectivity index (χ2n) is 9.47. The number of para-hydroxylation sites is 2. The lowest BCUT2D eigenvalue weighted by Crippen LogP contribution is -2.48. The zero-order chi connectivity index (χ0) is 23.9. The van der Waals surface area contributed by atoms with Gasteiger partial charge in [-0.3, -0.25) is 9.52 Å². The molecule has 33 heavy (non-hydrogen) atoms. The molecule has 9 heteroatoms. The number of anilines is 2. The van der Waals surface area contributed by atoms with Gasteiger partial charge in [0.2, 0.25) is 0 Å². The van der Waals surface area contributed by atoms with Crippen molar-refractivity contribution in [2.45, 2.75) is 50.7 Å². The highest BCUT2D eigenvalue weighted by molar-refractivity contribution is 7.94. The third-order valence-electron chi connectivity index (χ3n) is 6.22. The van der Waals surface area contributed by atoms with Gasteiger partial charge in [-0.1, -0.05) is 26.0 Å². The van der Waals surface area contributed by atoms with Crippen LogP contribution in [0.25, 0.3) is 0 Å². The van der Waals surface area contributed by atoms with Gasteiger partial charge in [-0.05, 0) is 61.6 Å². The first-order valence-corrected chi connectivity index (χ1v) is 12.7. The van der Waals surface area contributed by atoms with Crippen LogP contribution in [0.3, 0.4) is 0 Å². The number of hydrogen-bond donors (Lipinski definition) is 3. The van der Waals surface area contributed by atoms with Crippen molar-refractivity contribution in [2.75, 3.05) is 23.1 Å². The van der Waals surface area contributed by atoms with Gasteiger partial charge < -0.3 is 20.1 Å². The van der Waals surface area contributed by atoms with Gasteiger partial charge in [0, 0.05) is 31.3 Å². The quantitative estimate of drug-likeness (QED) is 0.591. The molecule has 0 spiro atoms. The first-order valence-electron chi connectivity index (χ1n) is 11.2. The Morgan fingerprint density at radius 3 is 2.39 bits per heavy atom. The molecule has 1 saturated heterocycles. The number of hydrogen-bond acceptors (Lipinski definition) is 6.